The van der Waals surface area contributed by atoms with E-state index in [1.54, 1.807) is 25.2 Å². The Labute approximate surface area is 227 Å². The van der Waals surface area contributed by atoms with Crippen LogP contribution in [0.25, 0.3) is 11.3 Å². The molecule has 3 heterocycles. The summed E-state index contributed by atoms with van der Waals surface area (Å²) in [7, 11) is 1.59. The number of oxazole rings is 1. The van der Waals surface area contributed by atoms with E-state index in [1.165, 1.54) is 11.2 Å². The van der Waals surface area contributed by atoms with Gasteiger partial charge in [0.2, 0.25) is 17.6 Å². The van der Waals surface area contributed by atoms with Crippen molar-refractivity contribution in [2.75, 3.05) is 13.6 Å². The molecule has 0 saturated carbocycles. The van der Waals surface area contributed by atoms with E-state index in [1.807, 2.05) is 0 Å². The third-order valence-corrected chi connectivity index (χ3v) is 7.08. The number of likely N-dealkylation sites (N-methyl/N-ethyl adjacent to an activating group) is 1. The van der Waals surface area contributed by atoms with Crippen molar-refractivity contribution < 1.29 is 33.5 Å². The Balaban J connectivity index is 1.58. The number of aliphatic carboxylic acids is 1. The monoisotopic (exact) mass is 565 g/mol. The number of carbonyl (C=O) groups is 5. The number of benzene rings is 1. The number of hydrogen-bond acceptors (Lipinski definition) is 8. The number of aromatic nitrogens is 1. The molecule has 12 nitrogen and oxygen atoms in total. The Morgan fingerprint density at radius 1 is 1.21 bits per heavy atom. The molecule has 1 aromatic heterocycles. The lowest BCUT2D eigenvalue weighted by atomic mass is 10.0. The van der Waals surface area contributed by atoms with Gasteiger partial charge in [0.25, 0.3) is 11.8 Å². The lowest BCUT2D eigenvalue weighted by Gasteiger charge is -2.43. The Morgan fingerprint density at radius 2 is 1.92 bits per heavy atom. The molecule has 2 aliphatic rings. The fraction of sp³-hybridized carbons (Fsp3) is 0.417. The smallest absolute Gasteiger partial charge is 0.305 e. The zero-order chi connectivity index (χ0) is 27.6. The first-order valence-corrected chi connectivity index (χ1v) is 12.6. The minimum atomic E-state index is -1.55. The number of amides is 3. The predicted octanol–water partition coefficient (Wildman–Crippen LogP) is 1.91. The van der Waals surface area contributed by atoms with Crippen LogP contribution in [0.1, 0.15) is 42.8 Å². The number of nitrogens with one attached hydrogen (secondary N) is 2. The fourth-order valence-corrected chi connectivity index (χ4v) is 5.16. The Morgan fingerprint density at radius 3 is 2.58 bits per heavy atom. The number of carbonyl (C=O) groups excluding carboxylic acids is 4. The first kappa shape index (κ1) is 27.6. The Bertz CT molecular complexity index is 1260. The van der Waals surface area contributed by atoms with E-state index in [2.05, 4.69) is 15.6 Å². The number of halogens is 2. The lowest BCUT2D eigenvalue weighted by Crippen LogP contribution is -2.64. The molecule has 3 N–H and O–H groups in total. The van der Waals surface area contributed by atoms with Crippen LogP contribution in [-0.2, 0) is 19.2 Å². The quantitative estimate of drug-likeness (QED) is 0.405. The number of nitrogens with zero attached hydrogens (tertiary/aromatic N) is 3. The molecule has 0 radical (unpaired) electrons. The molecular weight excluding hydrogens is 541 g/mol. The highest BCUT2D eigenvalue weighted by Gasteiger charge is 2.44. The summed E-state index contributed by atoms with van der Waals surface area (Å²) in [5, 5.41) is 17.6. The standard InChI is InChI=1S/C24H25Cl2N5O7/c1-27-14-7-8-18(32)30-9-3-6-16(31(30)24(14)37)22(36)29-15(10-19(33)34)21(35)23-28-11-17(38-23)20-12(25)4-2-5-13(20)26/h2,4-5,11,14-16,27H,3,6-10H2,1H3,(H,29,36)(H,33,34). The van der Waals surface area contributed by atoms with Gasteiger partial charge in [0.15, 0.2) is 5.76 Å². The maximum atomic E-state index is 13.4. The number of fused-ring (bicyclic) bond motifs is 1. The summed E-state index contributed by atoms with van der Waals surface area (Å²) >= 11 is 12.4. The highest BCUT2D eigenvalue weighted by Crippen LogP contribution is 2.35. The number of hydrazine groups is 1. The van der Waals surface area contributed by atoms with Crippen molar-refractivity contribution >= 4 is 52.7 Å². The van der Waals surface area contributed by atoms with E-state index in [-0.39, 0.29) is 47.5 Å². The third-order valence-electron chi connectivity index (χ3n) is 6.45. The normalized spacial score (nSPS) is 20.5. The van der Waals surface area contributed by atoms with Crippen LogP contribution >= 0.6 is 23.2 Å². The zero-order valence-corrected chi connectivity index (χ0v) is 21.8. The number of ketones is 1. The summed E-state index contributed by atoms with van der Waals surface area (Å²) in [5.41, 5.74) is 0.298. The zero-order valence-electron chi connectivity index (χ0n) is 20.3. The van der Waals surface area contributed by atoms with Crippen molar-refractivity contribution in [3.8, 4) is 11.3 Å². The fourth-order valence-electron chi connectivity index (χ4n) is 4.58. The maximum Gasteiger partial charge on any atom is 0.305 e. The highest BCUT2D eigenvalue weighted by molar-refractivity contribution is 6.39. The third kappa shape index (κ3) is 5.52. The maximum absolute atomic E-state index is 13.4. The van der Waals surface area contributed by atoms with E-state index < -0.39 is 54.0 Å². The molecule has 0 aliphatic carbocycles. The molecule has 38 heavy (non-hydrogen) atoms. The largest absolute Gasteiger partial charge is 0.481 e. The van der Waals surface area contributed by atoms with Crippen LogP contribution in [0.2, 0.25) is 10.0 Å². The van der Waals surface area contributed by atoms with Crippen LogP contribution in [0.3, 0.4) is 0 Å². The first-order valence-electron chi connectivity index (χ1n) is 11.9. The summed E-state index contributed by atoms with van der Waals surface area (Å²) in [6, 6.07) is 1.43. The number of carboxylic acids is 1. The van der Waals surface area contributed by atoms with E-state index in [0.29, 0.717) is 12.0 Å². The van der Waals surface area contributed by atoms with Crippen molar-refractivity contribution in [1.29, 1.82) is 0 Å². The van der Waals surface area contributed by atoms with Crippen LogP contribution in [-0.4, -0.2) is 81.3 Å². The molecule has 3 amide bonds. The average molecular weight is 566 g/mol. The van der Waals surface area contributed by atoms with Gasteiger partial charge in [-0.3, -0.25) is 29.0 Å². The minimum Gasteiger partial charge on any atom is -0.481 e. The minimum absolute atomic E-state index is 0.0825. The second-order valence-electron chi connectivity index (χ2n) is 8.89. The van der Waals surface area contributed by atoms with Gasteiger partial charge in [-0.2, -0.15) is 0 Å². The molecule has 4 rings (SSSR count). The molecule has 14 heteroatoms. The summed E-state index contributed by atoms with van der Waals surface area (Å²) < 4.78 is 5.55. The van der Waals surface area contributed by atoms with Crippen molar-refractivity contribution in [2.24, 2.45) is 0 Å². The van der Waals surface area contributed by atoms with Crippen molar-refractivity contribution in [3.05, 3.63) is 40.3 Å². The van der Waals surface area contributed by atoms with Crippen LogP contribution in [0.4, 0.5) is 0 Å². The first-order chi connectivity index (χ1) is 18.1. The van der Waals surface area contributed by atoms with Crippen LogP contribution in [0, 0.1) is 0 Å². The SMILES string of the molecule is CNC1CCC(=O)N2CCCC(C(=O)NC(CC(=O)O)C(=O)c3ncc(-c4c(Cl)cccc4Cl)o3)N2C1=O. The van der Waals surface area contributed by atoms with Gasteiger partial charge >= 0.3 is 5.97 Å². The van der Waals surface area contributed by atoms with Crippen LogP contribution in [0.5, 0.6) is 0 Å². The van der Waals surface area contributed by atoms with Gasteiger partial charge in [-0.05, 0) is 38.4 Å². The molecule has 3 atom stereocenters. The van der Waals surface area contributed by atoms with E-state index in [0.717, 1.165) is 5.01 Å². The molecule has 1 aromatic carbocycles. The van der Waals surface area contributed by atoms with Crippen molar-refractivity contribution in [2.45, 2.75) is 50.2 Å². The molecular formula is C24H25Cl2N5O7. The van der Waals surface area contributed by atoms with Gasteiger partial charge in [-0.1, -0.05) is 29.3 Å². The average Bonchev–Trinajstić information content (AvgIpc) is 3.32. The van der Waals surface area contributed by atoms with Crippen molar-refractivity contribution in [3.63, 3.8) is 0 Å². The van der Waals surface area contributed by atoms with Crippen LogP contribution < -0.4 is 10.6 Å². The molecule has 202 valence electrons. The number of rotatable bonds is 8. The number of hydrogen-bond donors (Lipinski definition) is 3. The molecule has 2 aliphatic heterocycles. The van der Waals surface area contributed by atoms with Gasteiger partial charge in [-0.25, -0.2) is 9.99 Å². The number of Topliss-reactive ketones (excluding diaryl/α,β-unsaturated/α-hetero) is 1. The molecule has 0 spiro atoms. The van der Waals surface area contributed by atoms with E-state index in [4.69, 9.17) is 27.6 Å². The van der Waals surface area contributed by atoms with Gasteiger partial charge in [0, 0.05) is 13.0 Å². The lowest BCUT2D eigenvalue weighted by molar-refractivity contribution is -0.176. The van der Waals surface area contributed by atoms with Gasteiger partial charge in [0.05, 0.1) is 34.3 Å². The Kier molecular flexibility index (Phi) is 8.34. The predicted molar refractivity (Wildman–Crippen MR) is 134 cm³/mol. The summed E-state index contributed by atoms with van der Waals surface area (Å²) in [4.78, 5) is 67.9. The second-order valence-corrected chi connectivity index (χ2v) is 9.70. The molecule has 2 aromatic rings. The van der Waals surface area contributed by atoms with Crippen molar-refractivity contribution in [1.82, 2.24) is 25.6 Å². The molecule has 3 unspecified atom stereocenters. The van der Waals surface area contributed by atoms with Gasteiger partial charge < -0.3 is 20.2 Å². The summed E-state index contributed by atoms with van der Waals surface area (Å²) in [6.07, 6.45) is 1.52. The highest BCUT2D eigenvalue weighted by atomic mass is 35.5. The van der Waals surface area contributed by atoms with Gasteiger partial charge in [0.1, 0.15) is 12.1 Å². The molecule has 2 fully saturated rings. The van der Waals surface area contributed by atoms with Crippen LogP contribution in [0.15, 0.2) is 28.8 Å². The Hall–Kier alpha value is -3.48. The van der Waals surface area contributed by atoms with Gasteiger partial charge in [-0.15, -0.1) is 0 Å². The molecule has 0 bridgehead atoms. The van der Waals surface area contributed by atoms with E-state index in [9.17, 15) is 29.1 Å². The summed E-state index contributed by atoms with van der Waals surface area (Å²) in [5.74, 6) is -4.14. The topological polar surface area (TPSA) is 162 Å². The summed E-state index contributed by atoms with van der Waals surface area (Å²) in [6.45, 7) is 0.270. The number of carboxylic acid groups (broad SMARTS) is 1. The molecule has 2 saturated heterocycles. The van der Waals surface area contributed by atoms with E-state index >= 15 is 0 Å². The second kappa shape index (κ2) is 11.5.